The highest BCUT2D eigenvalue weighted by molar-refractivity contribution is 6.13. The van der Waals surface area contributed by atoms with Crippen LogP contribution in [0.25, 0.3) is 60.5 Å². The summed E-state index contributed by atoms with van der Waals surface area (Å²) in [4.78, 5) is 2.37. The van der Waals surface area contributed by atoms with Gasteiger partial charge in [0, 0.05) is 38.9 Å². The van der Waals surface area contributed by atoms with Crippen LogP contribution in [0, 0.1) is 0 Å². The topological polar surface area (TPSA) is 8.17 Å². The Morgan fingerprint density at radius 2 is 1.00 bits per heavy atom. The zero-order chi connectivity index (χ0) is 34.1. The van der Waals surface area contributed by atoms with E-state index < -0.39 is 0 Å². The first-order valence-corrected chi connectivity index (χ1v) is 17.8. The molecule has 10 rings (SSSR count). The Morgan fingerprint density at radius 1 is 0.412 bits per heavy atom. The highest BCUT2D eigenvalue weighted by Crippen LogP contribution is 2.50. The number of benzene rings is 8. The molecule has 0 saturated carbocycles. The molecule has 9 aromatic rings. The molecular formula is C49H36N2. The van der Waals surface area contributed by atoms with Crippen LogP contribution in [-0.4, -0.2) is 4.57 Å². The van der Waals surface area contributed by atoms with Gasteiger partial charge in [-0.25, -0.2) is 0 Å². The number of fused-ring (bicyclic) bond motifs is 7. The number of hydrogen-bond donors (Lipinski definition) is 0. The monoisotopic (exact) mass is 652 g/mol. The third kappa shape index (κ3) is 4.64. The largest absolute Gasteiger partial charge is 0.310 e. The van der Waals surface area contributed by atoms with E-state index in [-0.39, 0.29) is 5.41 Å². The Labute approximate surface area is 298 Å². The predicted molar refractivity (Wildman–Crippen MR) is 216 cm³/mol. The third-order valence-corrected chi connectivity index (χ3v) is 11.0. The lowest BCUT2D eigenvalue weighted by Crippen LogP contribution is -2.16. The van der Waals surface area contributed by atoms with Crippen LogP contribution in [0.5, 0.6) is 0 Å². The second-order valence-corrected chi connectivity index (χ2v) is 14.2. The molecule has 0 aliphatic heterocycles. The van der Waals surface area contributed by atoms with E-state index in [1.54, 1.807) is 0 Å². The minimum Gasteiger partial charge on any atom is -0.310 e. The Morgan fingerprint density at radius 3 is 1.78 bits per heavy atom. The van der Waals surface area contributed by atoms with E-state index in [1.807, 2.05) is 0 Å². The molecule has 51 heavy (non-hydrogen) atoms. The van der Waals surface area contributed by atoms with E-state index >= 15 is 0 Å². The number of rotatable bonds is 5. The van der Waals surface area contributed by atoms with Crippen molar-refractivity contribution in [1.29, 1.82) is 0 Å². The van der Waals surface area contributed by atoms with Gasteiger partial charge in [-0.15, -0.1) is 0 Å². The zero-order valence-electron chi connectivity index (χ0n) is 28.7. The average molecular weight is 653 g/mol. The molecule has 242 valence electrons. The van der Waals surface area contributed by atoms with Gasteiger partial charge in [0.05, 0.1) is 11.0 Å². The van der Waals surface area contributed by atoms with Crippen LogP contribution in [0.4, 0.5) is 17.1 Å². The fraction of sp³-hybridized carbons (Fsp3) is 0.0612. The summed E-state index contributed by atoms with van der Waals surface area (Å²) in [6, 6.07) is 66.6. The molecule has 1 aromatic heterocycles. The Bertz CT molecular complexity index is 2750. The molecule has 0 fully saturated rings. The Hall–Kier alpha value is -6.38. The maximum atomic E-state index is 2.40. The first kappa shape index (κ1) is 29.5. The maximum Gasteiger partial charge on any atom is 0.0547 e. The first-order chi connectivity index (χ1) is 25.0. The van der Waals surface area contributed by atoms with E-state index in [0.29, 0.717) is 0 Å². The molecular weight excluding hydrogens is 617 g/mol. The standard InChI is InChI=1S/C49H36N2/c1-49(2)45-18-10-8-16-41(45)42-29-28-40(32-46(42)49)50(37-14-4-3-5-15-37)38-24-20-33(21-25-38)34-22-26-39(27-23-34)51-47-19-11-9-17-43(47)44-30-35-12-6-7-13-36(35)31-48(44)51/h3-32H,1-2H3. The van der Waals surface area contributed by atoms with Crippen LogP contribution < -0.4 is 4.90 Å². The number of para-hydroxylation sites is 2. The molecule has 0 radical (unpaired) electrons. The van der Waals surface area contributed by atoms with Crippen LogP contribution in [0.15, 0.2) is 182 Å². The van der Waals surface area contributed by atoms with Gasteiger partial charge in [-0.1, -0.05) is 129 Å². The summed E-state index contributed by atoms with van der Waals surface area (Å²) >= 11 is 0. The van der Waals surface area contributed by atoms with Gasteiger partial charge >= 0.3 is 0 Å². The summed E-state index contributed by atoms with van der Waals surface area (Å²) in [5, 5.41) is 5.08. The van der Waals surface area contributed by atoms with Gasteiger partial charge in [0.15, 0.2) is 0 Å². The molecule has 1 aliphatic rings. The molecule has 0 unspecified atom stereocenters. The van der Waals surface area contributed by atoms with Gasteiger partial charge in [0.2, 0.25) is 0 Å². The van der Waals surface area contributed by atoms with Crippen molar-refractivity contribution in [2.75, 3.05) is 4.90 Å². The molecule has 2 heteroatoms. The number of nitrogens with zero attached hydrogens (tertiary/aromatic N) is 2. The van der Waals surface area contributed by atoms with E-state index in [2.05, 4.69) is 205 Å². The average Bonchev–Trinajstić information content (AvgIpc) is 3.62. The van der Waals surface area contributed by atoms with Crippen molar-refractivity contribution in [2.24, 2.45) is 0 Å². The van der Waals surface area contributed by atoms with Gasteiger partial charge < -0.3 is 9.47 Å². The fourth-order valence-electron chi connectivity index (χ4n) is 8.39. The quantitative estimate of drug-likeness (QED) is 0.180. The summed E-state index contributed by atoms with van der Waals surface area (Å²) in [7, 11) is 0. The van der Waals surface area contributed by atoms with Crippen LogP contribution in [0.3, 0.4) is 0 Å². The summed E-state index contributed by atoms with van der Waals surface area (Å²) in [5.74, 6) is 0. The lowest BCUT2D eigenvalue weighted by Gasteiger charge is -2.28. The van der Waals surface area contributed by atoms with Crippen molar-refractivity contribution in [2.45, 2.75) is 19.3 Å². The van der Waals surface area contributed by atoms with Crippen molar-refractivity contribution in [3.8, 4) is 27.9 Å². The fourth-order valence-corrected chi connectivity index (χ4v) is 8.39. The lowest BCUT2D eigenvalue weighted by atomic mass is 9.82. The predicted octanol–water partition coefficient (Wildman–Crippen LogP) is 13.4. The van der Waals surface area contributed by atoms with E-state index in [9.17, 15) is 0 Å². The summed E-state index contributed by atoms with van der Waals surface area (Å²) in [5.41, 5.74) is 14.8. The van der Waals surface area contributed by atoms with E-state index in [0.717, 1.165) is 22.7 Å². The molecule has 0 N–H and O–H groups in total. The van der Waals surface area contributed by atoms with Crippen molar-refractivity contribution < 1.29 is 0 Å². The van der Waals surface area contributed by atoms with Crippen LogP contribution in [0.2, 0.25) is 0 Å². The van der Waals surface area contributed by atoms with Gasteiger partial charge in [0.1, 0.15) is 0 Å². The second kappa shape index (κ2) is 11.3. The van der Waals surface area contributed by atoms with Crippen LogP contribution >= 0.6 is 0 Å². The SMILES string of the molecule is CC1(C)c2ccccc2-c2ccc(N(c3ccccc3)c3ccc(-c4ccc(-n5c6ccccc6c6cc7ccccc7cc65)cc4)cc3)cc21. The van der Waals surface area contributed by atoms with E-state index in [4.69, 9.17) is 0 Å². The summed E-state index contributed by atoms with van der Waals surface area (Å²) in [6.45, 7) is 4.69. The van der Waals surface area contributed by atoms with Crippen molar-refractivity contribution in [3.05, 3.63) is 193 Å². The highest BCUT2D eigenvalue weighted by Gasteiger charge is 2.35. The van der Waals surface area contributed by atoms with Crippen LogP contribution in [-0.2, 0) is 5.41 Å². The molecule has 0 saturated heterocycles. The molecule has 0 atom stereocenters. The Balaban J connectivity index is 1.02. The maximum absolute atomic E-state index is 2.40. The lowest BCUT2D eigenvalue weighted by molar-refractivity contribution is 0.660. The molecule has 1 aliphatic carbocycles. The molecule has 0 spiro atoms. The van der Waals surface area contributed by atoms with Crippen molar-refractivity contribution in [1.82, 2.24) is 4.57 Å². The van der Waals surface area contributed by atoms with E-state index in [1.165, 1.54) is 66.0 Å². The minimum atomic E-state index is -0.0622. The summed E-state index contributed by atoms with van der Waals surface area (Å²) < 4.78 is 2.40. The normalized spacial score (nSPS) is 13.1. The zero-order valence-corrected chi connectivity index (χ0v) is 28.7. The molecule has 2 nitrogen and oxygen atoms in total. The third-order valence-electron chi connectivity index (χ3n) is 11.0. The van der Waals surface area contributed by atoms with Crippen molar-refractivity contribution >= 4 is 49.6 Å². The molecule has 1 heterocycles. The first-order valence-electron chi connectivity index (χ1n) is 17.8. The van der Waals surface area contributed by atoms with Gasteiger partial charge in [-0.3, -0.25) is 0 Å². The number of anilines is 3. The second-order valence-electron chi connectivity index (χ2n) is 14.2. The Kier molecular flexibility index (Phi) is 6.56. The van der Waals surface area contributed by atoms with Crippen molar-refractivity contribution in [3.63, 3.8) is 0 Å². The van der Waals surface area contributed by atoms with Gasteiger partial charge in [-0.05, 0) is 111 Å². The number of aromatic nitrogens is 1. The minimum absolute atomic E-state index is 0.0622. The molecule has 8 aromatic carbocycles. The molecule has 0 amide bonds. The molecule has 0 bridgehead atoms. The van der Waals surface area contributed by atoms with Gasteiger partial charge in [0.25, 0.3) is 0 Å². The smallest absolute Gasteiger partial charge is 0.0547 e. The van der Waals surface area contributed by atoms with Crippen LogP contribution in [0.1, 0.15) is 25.0 Å². The van der Waals surface area contributed by atoms with Gasteiger partial charge in [-0.2, -0.15) is 0 Å². The number of hydrogen-bond acceptors (Lipinski definition) is 1. The summed E-state index contributed by atoms with van der Waals surface area (Å²) in [6.07, 6.45) is 0. The highest BCUT2D eigenvalue weighted by atomic mass is 15.1.